The first-order chi connectivity index (χ1) is 14.3. The number of carbonyl (C=O) groups excluding carboxylic acids is 1. The average Bonchev–Trinajstić information content (AvgIpc) is 3.20. The molecule has 140 valence electrons. The molecule has 2 aromatic carbocycles. The SMILES string of the molecule is O=C(NCc1nc2ccccc2[nH]1)c1cc(-c2ccncc2)nc2ccccc12. The van der Waals surface area contributed by atoms with E-state index in [-0.39, 0.29) is 5.91 Å². The molecule has 0 unspecified atom stereocenters. The first kappa shape index (κ1) is 17.1. The molecule has 3 aromatic heterocycles. The second-order valence-electron chi connectivity index (χ2n) is 6.69. The van der Waals surface area contributed by atoms with Crippen molar-refractivity contribution in [1.82, 2.24) is 25.3 Å². The number of carbonyl (C=O) groups is 1. The Balaban J connectivity index is 1.48. The zero-order valence-electron chi connectivity index (χ0n) is 15.5. The van der Waals surface area contributed by atoms with Crippen molar-refractivity contribution in [3.05, 3.63) is 90.5 Å². The minimum atomic E-state index is -0.167. The van der Waals surface area contributed by atoms with E-state index >= 15 is 0 Å². The van der Waals surface area contributed by atoms with Gasteiger partial charge in [-0.3, -0.25) is 9.78 Å². The van der Waals surface area contributed by atoms with Gasteiger partial charge in [-0.25, -0.2) is 9.97 Å². The molecule has 0 aliphatic rings. The zero-order chi connectivity index (χ0) is 19.6. The summed E-state index contributed by atoms with van der Waals surface area (Å²) in [5.41, 5.74) is 4.84. The van der Waals surface area contributed by atoms with Crippen LogP contribution in [0.3, 0.4) is 0 Å². The number of H-pyrrole nitrogens is 1. The quantitative estimate of drug-likeness (QED) is 0.492. The molecular weight excluding hydrogens is 362 g/mol. The van der Waals surface area contributed by atoms with Gasteiger partial charge >= 0.3 is 0 Å². The number of benzene rings is 2. The highest BCUT2D eigenvalue weighted by Gasteiger charge is 2.14. The van der Waals surface area contributed by atoms with Crippen LogP contribution in [0.1, 0.15) is 16.2 Å². The van der Waals surface area contributed by atoms with E-state index in [0.29, 0.717) is 17.9 Å². The number of para-hydroxylation sites is 3. The lowest BCUT2D eigenvalue weighted by Crippen LogP contribution is -2.23. The number of aromatic amines is 1. The van der Waals surface area contributed by atoms with Gasteiger partial charge in [-0.05, 0) is 36.4 Å². The third kappa shape index (κ3) is 3.32. The van der Waals surface area contributed by atoms with Crippen LogP contribution in [0.2, 0.25) is 0 Å². The number of pyridine rings is 2. The molecule has 0 aliphatic heterocycles. The van der Waals surface area contributed by atoms with E-state index in [2.05, 4.69) is 20.3 Å². The molecule has 0 saturated heterocycles. The molecule has 6 nitrogen and oxygen atoms in total. The number of fused-ring (bicyclic) bond motifs is 2. The Morgan fingerprint density at radius 1 is 0.897 bits per heavy atom. The highest BCUT2D eigenvalue weighted by molar-refractivity contribution is 6.07. The van der Waals surface area contributed by atoms with Crippen LogP contribution in [0, 0.1) is 0 Å². The molecule has 0 spiro atoms. The summed E-state index contributed by atoms with van der Waals surface area (Å²) in [6.07, 6.45) is 3.43. The van der Waals surface area contributed by atoms with Crippen LogP contribution in [0.4, 0.5) is 0 Å². The van der Waals surface area contributed by atoms with E-state index in [0.717, 1.165) is 33.2 Å². The normalized spacial score (nSPS) is 11.0. The van der Waals surface area contributed by atoms with Crippen molar-refractivity contribution in [2.24, 2.45) is 0 Å². The van der Waals surface area contributed by atoms with Crippen molar-refractivity contribution in [1.29, 1.82) is 0 Å². The molecule has 0 radical (unpaired) electrons. The number of imidazole rings is 1. The minimum Gasteiger partial charge on any atom is -0.345 e. The summed E-state index contributed by atoms with van der Waals surface area (Å²) < 4.78 is 0. The predicted molar refractivity (Wildman–Crippen MR) is 112 cm³/mol. The Kier molecular flexibility index (Phi) is 4.22. The molecular formula is C23H17N5O. The van der Waals surface area contributed by atoms with Gasteiger partial charge < -0.3 is 10.3 Å². The smallest absolute Gasteiger partial charge is 0.252 e. The maximum atomic E-state index is 13.0. The van der Waals surface area contributed by atoms with Gasteiger partial charge in [0.2, 0.25) is 0 Å². The Labute approximate surface area is 166 Å². The maximum absolute atomic E-state index is 13.0. The first-order valence-corrected chi connectivity index (χ1v) is 9.30. The van der Waals surface area contributed by atoms with E-state index in [1.807, 2.05) is 66.7 Å². The van der Waals surface area contributed by atoms with Crippen LogP contribution in [-0.2, 0) is 6.54 Å². The van der Waals surface area contributed by atoms with Gasteiger partial charge in [-0.1, -0.05) is 30.3 Å². The van der Waals surface area contributed by atoms with Gasteiger partial charge in [0.25, 0.3) is 5.91 Å². The summed E-state index contributed by atoms with van der Waals surface area (Å²) in [7, 11) is 0. The van der Waals surface area contributed by atoms with Crippen LogP contribution in [0.15, 0.2) is 79.1 Å². The zero-order valence-corrected chi connectivity index (χ0v) is 15.5. The summed E-state index contributed by atoms with van der Waals surface area (Å²) in [5.74, 6) is 0.548. The van der Waals surface area contributed by atoms with Crippen molar-refractivity contribution in [2.45, 2.75) is 6.54 Å². The van der Waals surface area contributed by atoms with E-state index in [1.165, 1.54) is 0 Å². The van der Waals surface area contributed by atoms with E-state index in [4.69, 9.17) is 4.98 Å². The van der Waals surface area contributed by atoms with Crippen LogP contribution in [0.5, 0.6) is 0 Å². The molecule has 0 saturated carbocycles. The van der Waals surface area contributed by atoms with Gasteiger partial charge in [0.05, 0.1) is 34.4 Å². The highest BCUT2D eigenvalue weighted by atomic mass is 16.1. The predicted octanol–water partition coefficient (Wildman–Crippen LogP) is 4.10. The van der Waals surface area contributed by atoms with Gasteiger partial charge in [0, 0.05) is 23.3 Å². The summed E-state index contributed by atoms with van der Waals surface area (Å²) in [6.45, 7) is 0.314. The molecule has 5 aromatic rings. The van der Waals surface area contributed by atoms with Gasteiger partial charge in [0.15, 0.2) is 0 Å². The molecule has 0 atom stereocenters. The monoisotopic (exact) mass is 379 g/mol. The van der Waals surface area contributed by atoms with Crippen LogP contribution < -0.4 is 5.32 Å². The van der Waals surface area contributed by atoms with Crippen molar-refractivity contribution in [3.63, 3.8) is 0 Å². The summed E-state index contributed by atoms with van der Waals surface area (Å²) in [5, 5.41) is 3.79. The van der Waals surface area contributed by atoms with Crippen LogP contribution >= 0.6 is 0 Å². The van der Waals surface area contributed by atoms with Crippen molar-refractivity contribution in [2.75, 3.05) is 0 Å². The molecule has 5 rings (SSSR count). The van der Waals surface area contributed by atoms with Gasteiger partial charge in [0.1, 0.15) is 5.82 Å². The fourth-order valence-electron chi connectivity index (χ4n) is 3.38. The molecule has 1 amide bonds. The van der Waals surface area contributed by atoms with Crippen LogP contribution in [0.25, 0.3) is 33.2 Å². The Bertz CT molecular complexity index is 1290. The largest absolute Gasteiger partial charge is 0.345 e. The van der Waals surface area contributed by atoms with Crippen LogP contribution in [-0.4, -0.2) is 25.8 Å². The molecule has 3 heterocycles. The number of nitrogens with zero attached hydrogens (tertiary/aromatic N) is 3. The lowest BCUT2D eigenvalue weighted by Gasteiger charge is -2.10. The van der Waals surface area contributed by atoms with E-state index in [9.17, 15) is 4.79 Å². The van der Waals surface area contributed by atoms with Crippen molar-refractivity contribution >= 4 is 27.8 Å². The molecule has 0 bridgehead atoms. The molecule has 0 fully saturated rings. The molecule has 2 N–H and O–H groups in total. The minimum absolute atomic E-state index is 0.167. The van der Waals surface area contributed by atoms with Crippen molar-refractivity contribution < 1.29 is 4.79 Å². The first-order valence-electron chi connectivity index (χ1n) is 9.30. The summed E-state index contributed by atoms with van der Waals surface area (Å²) in [4.78, 5) is 29.5. The number of amides is 1. The molecule has 0 aliphatic carbocycles. The second-order valence-corrected chi connectivity index (χ2v) is 6.69. The Morgan fingerprint density at radius 2 is 1.66 bits per heavy atom. The standard InChI is InChI=1S/C23H17N5O/c29-23(25-14-22-27-19-7-3-4-8-20(19)28-22)17-13-21(15-9-11-24-12-10-15)26-18-6-2-1-5-16(17)18/h1-13H,14H2,(H,25,29)(H,27,28). The number of hydrogen-bond donors (Lipinski definition) is 2. The highest BCUT2D eigenvalue weighted by Crippen LogP contribution is 2.24. The fraction of sp³-hybridized carbons (Fsp3) is 0.0435. The number of aromatic nitrogens is 4. The van der Waals surface area contributed by atoms with Gasteiger partial charge in [-0.15, -0.1) is 0 Å². The second kappa shape index (κ2) is 7.16. The number of rotatable bonds is 4. The van der Waals surface area contributed by atoms with Gasteiger partial charge in [-0.2, -0.15) is 0 Å². The molecule has 29 heavy (non-hydrogen) atoms. The Hall–Kier alpha value is -4.06. The average molecular weight is 379 g/mol. The number of nitrogens with one attached hydrogen (secondary N) is 2. The lowest BCUT2D eigenvalue weighted by molar-refractivity contribution is 0.0951. The van der Waals surface area contributed by atoms with E-state index in [1.54, 1.807) is 12.4 Å². The third-order valence-corrected chi connectivity index (χ3v) is 4.79. The van der Waals surface area contributed by atoms with E-state index < -0.39 is 0 Å². The summed E-state index contributed by atoms with van der Waals surface area (Å²) in [6, 6.07) is 21.0. The summed E-state index contributed by atoms with van der Waals surface area (Å²) >= 11 is 0. The third-order valence-electron chi connectivity index (χ3n) is 4.79. The maximum Gasteiger partial charge on any atom is 0.252 e. The fourth-order valence-corrected chi connectivity index (χ4v) is 3.38. The topological polar surface area (TPSA) is 83.6 Å². The number of hydrogen-bond acceptors (Lipinski definition) is 4. The molecule has 6 heteroatoms. The van der Waals surface area contributed by atoms with Crippen molar-refractivity contribution in [3.8, 4) is 11.3 Å². The lowest BCUT2D eigenvalue weighted by atomic mass is 10.0. The Morgan fingerprint density at radius 3 is 2.48 bits per heavy atom.